The van der Waals surface area contributed by atoms with Gasteiger partial charge in [-0.1, -0.05) is 39.1 Å². The predicted molar refractivity (Wildman–Crippen MR) is 99.6 cm³/mol. The molecule has 21 heavy (non-hydrogen) atoms. The SMILES string of the molecule is CCSc1cccc(NC(C)CN(CC)CC)c1C(N)=S. The lowest BCUT2D eigenvalue weighted by molar-refractivity contribution is 0.295. The van der Waals surface area contributed by atoms with Crippen LogP contribution in [0.4, 0.5) is 5.69 Å². The second kappa shape index (κ2) is 9.28. The quantitative estimate of drug-likeness (QED) is 0.536. The van der Waals surface area contributed by atoms with Crippen LogP contribution in [0.3, 0.4) is 0 Å². The van der Waals surface area contributed by atoms with Crippen molar-refractivity contribution in [3.63, 3.8) is 0 Å². The maximum atomic E-state index is 5.94. The molecule has 0 bridgehead atoms. The number of anilines is 1. The second-order valence-corrected chi connectivity index (χ2v) is 6.75. The average molecular weight is 326 g/mol. The van der Waals surface area contributed by atoms with Gasteiger partial charge in [-0.2, -0.15) is 0 Å². The minimum Gasteiger partial charge on any atom is -0.389 e. The van der Waals surface area contributed by atoms with E-state index in [-0.39, 0.29) is 0 Å². The van der Waals surface area contributed by atoms with Crippen LogP contribution in [0.15, 0.2) is 23.1 Å². The van der Waals surface area contributed by atoms with Crippen LogP contribution in [-0.2, 0) is 0 Å². The molecule has 1 atom stereocenters. The average Bonchev–Trinajstić information content (AvgIpc) is 2.45. The van der Waals surface area contributed by atoms with E-state index in [1.54, 1.807) is 11.8 Å². The van der Waals surface area contributed by atoms with E-state index in [0.717, 1.165) is 41.5 Å². The molecular formula is C16H27N3S2. The van der Waals surface area contributed by atoms with Gasteiger partial charge in [0.2, 0.25) is 0 Å². The van der Waals surface area contributed by atoms with Gasteiger partial charge in [0.25, 0.3) is 0 Å². The molecule has 3 nitrogen and oxygen atoms in total. The van der Waals surface area contributed by atoms with Gasteiger partial charge in [-0.15, -0.1) is 11.8 Å². The minimum atomic E-state index is 0.347. The highest BCUT2D eigenvalue weighted by Crippen LogP contribution is 2.29. The second-order valence-electron chi connectivity index (χ2n) is 5.01. The van der Waals surface area contributed by atoms with Crippen LogP contribution in [0.25, 0.3) is 0 Å². The number of thioether (sulfide) groups is 1. The fourth-order valence-corrected chi connectivity index (χ4v) is 3.50. The Labute approximate surface area is 138 Å². The number of nitrogens with zero attached hydrogens (tertiary/aromatic N) is 1. The van der Waals surface area contributed by atoms with Gasteiger partial charge < -0.3 is 16.0 Å². The van der Waals surface area contributed by atoms with E-state index < -0.39 is 0 Å². The molecule has 0 aliphatic heterocycles. The molecule has 0 aromatic heterocycles. The molecule has 0 saturated carbocycles. The molecule has 0 aliphatic carbocycles. The van der Waals surface area contributed by atoms with Crippen molar-refractivity contribution >= 4 is 34.7 Å². The summed E-state index contributed by atoms with van der Waals surface area (Å²) in [6, 6.07) is 6.56. The summed E-state index contributed by atoms with van der Waals surface area (Å²) in [5.41, 5.74) is 7.96. The third-order valence-corrected chi connectivity index (χ3v) is 4.54. The van der Waals surface area contributed by atoms with Crippen LogP contribution >= 0.6 is 24.0 Å². The molecule has 1 rings (SSSR count). The van der Waals surface area contributed by atoms with Gasteiger partial charge >= 0.3 is 0 Å². The Kier molecular flexibility index (Phi) is 8.07. The first-order valence-corrected chi connectivity index (χ1v) is 8.97. The van der Waals surface area contributed by atoms with E-state index in [9.17, 15) is 0 Å². The molecule has 0 spiro atoms. The number of benzene rings is 1. The summed E-state index contributed by atoms with van der Waals surface area (Å²) < 4.78 is 0. The molecule has 0 radical (unpaired) electrons. The number of nitrogens with two attached hydrogens (primary N) is 1. The highest BCUT2D eigenvalue weighted by atomic mass is 32.2. The zero-order valence-corrected chi connectivity index (χ0v) is 15.1. The molecule has 1 aromatic rings. The molecule has 0 fully saturated rings. The summed E-state index contributed by atoms with van der Waals surface area (Å²) >= 11 is 7.03. The van der Waals surface area contributed by atoms with Crippen molar-refractivity contribution in [2.24, 2.45) is 5.73 Å². The lowest BCUT2D eigenvalue weighted by Gasteiger charge is -2.25. The maximum Gasteiger partial charge on any atom is 0.107 e. The largest absolute Gasteiger partial charge is 0.389 e. The Morgan fingerprint density at radius 3 is 2.52 bits per heavy atom. The van der Waals surface area contributed by atoms with Crippen LogP contribution in [0.1, 0.15) is 33.3 Å². The molecule has 0 aliphatic rings. The van der Waals surface area contributed by atoms with Gasteiger partial charge in [-0.05, 0) is 37.9 Å². The highest BCUT2D eigenvalue weighted by Gasteiger charge is 2.14. The lowest BCUT2D eigenvalue weighted by Crippen LogP contribution is -2.35. The van der Waals surface area contributed by atoms with Crippen LogP contribution in [0.2, 0.25) is 0 Å². The summed E-state index contributed by atoms with van der Waals surface area (Å²) in [5.74, 6) is 1.01. The standard InChI is InChI=1S/C16H27N3S2/c1-5-19(6-2)11-12(4)18-13-9-8-10-14(21-7-3)15(13)16(17)20/h8-10,12,18H,5-7,11H2,1-4H3,(H2,17,20). The molecule has 1 unspecified atom stereocenters. The third-order valence-electron chi connectivity index (χ3n) is 3.40. The maximum absolute atomic E-state index is 5.94. The fraction of sp³-hybridized carbons (Fsp3) is 0.562. The van der Waals surface area contributed by atoms with E-state index in [2.05, 4.69) is 56.1 Å². The van der Waals surface area contributed by atoms with Crippen molar-refractivity contribution in [1.82, 2.24) is 4.90 Å². The van der Waals surface area contributed by atoms with E-state index >= 15 is 0 Å². The normalized spacial score (nSPS) is 12.4. The van der Waals surface area contributed by atoms with E-state index in [4.69, 9.17) is 18.0 Å². The zero-order valence-electron chi connectivity index (χ0n) is 13.5. The van der Waals surface area contributed by atoms with Crippen molar-refractivity contribution in [2.75, 3.05) is 30.7 Å². The van der Waals surface area contributed by atoms with Crippen molar-refractivity contribution in [3.8, 4) is 0 Å². The first kappa shape index (κ1) is 18.3. The van der Waals surface area contributed by atoms with E-state index in [1.807, 2.05) is 0 Å². The Bertz CT molecular complexity index is 459. The van der Waals surface area contributed by atoms with Crippen LogP contribution < -0.4 is 11.1 Å². The minimum absolute atomic E-state index is 0.347. The monoisotopic (exact) mass is 325 g/mol. The smallest absolute Gasteiger partial charge is 0.107 e. The summed E-state index contributed by atoms with van der Waals surface area (Å²) in [6.45, 7) is 11.9. The summed E-state index contributed by atoms with van der Waals surface area (Å²) in [5, 5.41) is 3.57. The van der Waals surface area contributed by atoms with Crippen molar-refractivity contribution in [1.29, 1.82) is 0 Å². The highest BCUT2D eigenvalue weighted by molar-refractivity contribution is 7.99. The Morgan fingerprint density at radius 1 is 1.33 bits per heavy atom. The Hall–Kier alpha value is -0.780. The van der Waals surface area contributed by atoms with Crippen LogP contribution in [0.5, 0.6) is 0 Å². The first-order valence-electron chi connectivity index (χ1n) is 7.57. The number of hydrogen-bond acceptors (Lipinski definition) is 4. The summed E-state index contributed by atoms with van der Waals surface area (Å²) in [6.07, 6.45) is 0. The first-order chi connectivity index (χ1) is 10.0. The van der Waals surface area contributed by atoms with Crippen LogP contribution in [0, 0.1) is 0 Å². The lowest BCUT2D eigenvalue weighted by atomic mass is 10.1. The molecule has 1 aromatic carbocycles. The summed E-state index contributed by atoms with van der Waals surface area (Å²) in [7, 11) is 0. The van der Waals surface area contributed by atoms with Gasteiger partial charge in [-0.25, -0.2) is 0 Å². The van der Waals surface area contributed by atoms with Crippen LogP contribution in [-0.4, -0.2) is 41.3 Å². The summed E-state index contributed by atoms with van der Waals surface area (Å²) in [4.78, 5) is 4.03. The number of rotatable bonds is 9. The molecule has 118 valence electrons. The van der Waals surface area contributed by atoms with Gasteiger partial charge in [0.15, 0.2) is 0 Å². The molecule has 0 amide bonds. The van der Waals surface area contributed by atoms with Crippen molar-refractivity contribution < 1.29 is 0 Å². The third kappa shape index (κ3) is 5.49. The van der Waals surface area contributed by atoms with Gasteiger partial charge in [0, 0.05) is 28.7 Å². The van der Waals surface area contributed by atoms with Crippen molar-refractivity contribution in [2.45, 2.75) is 38.6 Å². The van der Waals surface area contributed by atoms with E-state index in [0.29, 0.717) is 11.0 Å². The molecule has 3 N–H and O–H groups in total. The van der Waals surface area contributed by atoms with E-state index in [1.165, 1.54) is 0 Å². The molecule has 0 saturated heterocycles. The number of thiocarbonyl (C=S) groups is 1. The molecular weight excluding hydrogens is 298 g/mol. The topological polar surface area (TPSA) is 41.3 Å². The van der Waals surface area contributed by atoms with Crippen molar-refractivity contribution in [3.05, 3.63) is 23.8 Å². The molecule has 5 heteroatoms. The zero-order chi connectivity index (χ0) is 15.8. The molecule has 0 heterocycles. The predicted octanol–water partition coefficient (Wildman–Crippen LogP) is 3.58. The van der Waals surface area contributed by atoms with Gasteiger partial charge in [0.1, 0.15) is 4.99 Å². The van der Waals surface area contributed by atoms with Gasteiger partial charge in [-0.3, -0.25) is 0 Å². The van der Waals surface area contributed by atoms with Gasteiger partial charge in [0.05, 0.1) is 0 Å². The number of nitrogens with one attached hydrogen (secondary N) is 1. The Morgan fingerprint density at radius 2 is 2.00 bits per heavy atom. The fourth-order valence-electron chi connectivity index (χ4n) is 2.36. The number of likely N-dealkylation sites (N-methyl/N-ethyl adjacent to an activating group) is 1. The Balaban J connectivity index is 2.91. The number of hydrogen-bond donors (Lipinski definition) is 2.